The van der Waals surface area contributed by atoms with E-state index in [1.54, 1.807) is 11.8 Å². The highest BCUT2D eigenvalue weighted by molar-refractivity contribution is 8.00. The van der Waals surface area contributed by atoms with E-state index in [0.29, 0.717) is 13.2 Å². The quantitative estimate of drug-likeness (QED) is 0.823. The number of aliphatic hydroxyl groups excluding tert-OH is 1. The van der Waals surface area contributed by atoms with Gasteiger partial charge in [0.25, 0.3) is 0 Å². The maximum atomic E-state index is 9.00. The van der Waals surface area contributed by atoms with Crippen LogP contribution in [0.25, 0.3) is 0 Å². The molecule has 0 amide bonds. The zero-order valence-electron chi connectivity index (χ0n) is 9.31. The highest BCUT2D eigenvalue weighted by Gasteiger charge is 2.11. The summed E-state index contributed by atoms with van der Waals surface area (Å²) in [6, 6.07) is 5.93. The van der Waals surface area contributed by atoms with Crippen molar-refractivity contribution in [2.24, 2.45) is 0 Å². The highest BCUT2D eigenvalue weighted by Crippen LogP contribution is 2.34. The number of ether oxygens (including phenoxy) is 2. The fraction of sp³-hybridized carbons (Fsp3) is 0.500. The molecule has 4 heteroatoms. The normalized spacial score (nSPS) is 16.6. The number of fused-ring (bicyclic) bond motifs is 1. The summed E-state index contributed by atoms with van der Waals surface area (Å²) in [5.74, 6) is 1.63. The van der Waals surface area contributed by atoms with Gasteiger partial charge in [-0.1, -0.05) is 6.92 Å². The highest BCUT2D eigenvalue weighted by atomic mass is 32.2. The Kier molecular flexibility index (Phi) is 3.96. The van der Waals surface area contributed by atoms with Crippen molar-refractivity contribution < 1.29 is 14.6 Å². The van der Waals surface area contributed by atoms with Crippen molar-refractivity contribution in [3.05, 3.63) is 18.2 Å². The fourth-order valence-electron chi connectivity index (χ4n) is 1.49. The van der Waals surface area contributed by atoms with Crippen molar-refractivity contribution in [2.45, 2.75) is 23.5 Å². The van der Waals surface area contributed by atoms with Crippen molar-refractivity contribution in [2.75, 3.05) is 19.8 Å². The van der Waals surface area contributed by atoms with Gasteiger partial charge in [0.15, 0.2) is 11.5 Å². The zero-order valence-corrected chi connectivity index (χ0v) is 10.1. The average molecular weight is 240 g/mol. The van der Waals surface area contributed by atoms with E-state index in [-0.39, 0.29) is 11.9 Å². The Morgan fingerprint density at radius 3 is 2.81 bits per heavy atom. The molecule has 0 spiro atoms. The molecular weight excluding hydrogens is 224 g/mol. The SMILES string of the molecule is CC(CO)Sc1ccc2c(c1)OCCCO2. The first-order chi connectivity index (χ1) is 7.79. The van der Waals surface area contributed by atoms with Crippen LogP contribution in [0.4, 0.5) is 0 Å². The lowest BCUT2D eigenvalue weighted by molar-refractivity contribution is 0.296. The van der Waals surface area contributed by atoms with Crippen LogP contribution in [0.5, 0.6) is 11.5 Å². The molecular formula is C12H16O3S. The van der Waals surface area contributed by atoms with Gasteiger partial charge < -0.3 is 14.6 Å². The minimum Gasteiger partial charge on any atom is -0.490 e. The van der Waals surface area contributed by atoms with Crippen LogP contribution in [0.2, 0.25) is 0 Å². The molecule has 0 fully saturated rings. The summed E-state index contributed by atoms with van der Waals surface area (Å²) in [6.07, 6.45) is 0.921. The first-order valence-corrected chi connectivity index (χ1v) is 6.34. The molecule has 0 radical (unpaired) electrons. The second-order valence-corrected chi connectivity index (χ2v) is 5.28. The summed E-state index contributed by atoms with van der Waals surface area (Å²) in [6.45, 7) is 3.59. The topological polar surface area (TPSA) is 38.7 Å². The molecule has 1 N–H and O–H groups in total. The van der Waals surface area contributed by atoms with Crippen molar-refractivity contribution in [3.8, 4) is 11.5 Å². The van der Waals surface area contributed by atoms with E-state index in [4.69, 9.17) is 14.6 Å². The van der Waals surface area contributed by atoms with Crippen LogP contribution in [0.15, 0.2) is 23.1 Å². The van der Waals surface area contributed by atoms with Crippen molar-refractivity contribution >= 4 is 11.8 Å². The van der Waals surface area contributed by atoms with Crippen LogP contribution in [0.3, 0.4) is 0 Å². The molecule has 88 valence electrons. The number of hydrogen-bond donors (Lipinski definition) is 1. The van der Waals surface area contributed by atoms with Gasteiger partial charge in [-0.05, 0) is 18.2 Å². The third kappa shape index (κ3) is 2.83. The Balaban J connectivity index is 2.14. The number of benzene rings is 1. The van der Waals surface area contributed by atoms with E-state index in [2.05, 4.69) is 0 Å². The lowest BCUT2D eigenvalue weighted by atomic mass is 10.3. The molecule has 1 aliphatic rings. The standard InChI is InChI=1S/C12H16O3S/c1-9(8-13)16-10-3-4-11-12(7-10)15-6-2-5-14-11/h3-4,7,9,13H,2,5-6,8H2,1H3. The Labute approximate surface area is 99.8 Å². The largest absolute Gasteiger partial charge is 0.490 e. The van der Waals surface area contributed by atoms with Crippen LogP contribution < -0.4 is 9.47 Å². The van der Waals surface area contributed by atoms with Gasteiger partial charge in [-0.2, -0.15) is 0 Å². The maximum absolute atomic E-state index is 9.00. The lowest BCUT2D eigenvalue weighted by Gasteiger charge is -2.11. The third-order valence-electron chi connectivity index (χ3n) is 2.31. The van der Waals surface area contributed by atoms with Gasteiger partial charge in [-0.25, -0.2) is 0 Å². The minimum absolute atomic E-state index is 0.180. The monoisotopic (exact) mass is 240 g/mol. The van der Waals surface area contributed by atoms with Crippen molar-refractivity contribution in [1.29, 1.82) is 0 Å². The number of hydrogen-bond acceptors (Lipinski definition) is 4. The maximum Gasteiger partial charge on any atom is 0.162 e. The van der Waals surface area contributed by atoms with Gasteiger partial charge in [0.05, 0.1) is 19.8 Å². The first kappa shape index (κ1) is 11.6. The molecule has 0 aromatic heterocycles. The molecule has 2 rings (SSSR count). The van der Waals surface area contributed by atoms with Gasteiger partial charge in [0.1, 0.15) is 0 Å². The molecule has 16 heavy (non-hydrogen) atoms. The average Bonchev–Trinajstić information content (AvgIpc) is 2.53. The summed E-state index contributed by atoms with van der Waals surface area (Å²) in [4.78, 5) is 1.10. The summed E-state index contributed by atoms with van der Waals surface area (Å²) in [5.41, 5.74) is 0. The third-order valence-corrected chi connectivity index (χ3v) is 3.39. The van der Waals surface area contributed by atoms with Crippen LogP contribution in [0, 0.1) is 0 Å². The molecule has 0 saturated carbocycles. The van der Waals surface area contributed by atoms with Crippen LogP contribution in [-0.4, -0.2) is 30.2 Å². The number of thioether (sulfide) groups is 1. The van der Waals surface area contributed by atoms with Crippen molar-refractivity contribution in [1.82, 2.24) is 0 Å². The van der Waals surface area contributed by atoms with Crippen molar-refractivity contribution in [3.63, 3.8) is 0 Å². The number of aliphatic hydroxyl groups is 1. The Morgan fingerprint density at radius 2 is 2.06 bits per heavy atom. The van der Waals surface area contributed by atoms with E-state index in [0.717, 1.165) is 22.8 Å². The molecule has 0 aliphatic carbocycles. The molecule has 1 aromatic rings. The van der Waals surface area contributed by atoms with E-state index in [1.165, 1.54) is 0 Å². The molecule has 1 atom stereocenters. The molecule has 1 heterocycles. The lowest BCUT2D eigenvalue weighted by Crippen LogP contribution is -2.01. The first-order valence-electron chi connectivity index (χ1n) is 5.47. The molecule has 0 saturated heterocycles. The smallest absolute Gasteiger partial charge is 0.162 e. The summed E-state index contributed by atoms with van der Waals surface area (Å²) >= 11 is 1.64. The summed E-state index contributed by atoms with van der Waals surface area (Å²) in [5, 5.41) is 9.20. The zero-order chi connectivity index (χ0) is 11.4. The minimum atomic E-state index is 0.180. The van der Waals surface area contributed by atoms with Gasteiger partial charge in [0, 0.05) is 16.6 Å². The van der Waals surface area contributed by atoms with E-state index < -0.39 is 0 Å². The predicted octanol–water partition coefficient (Wildman–Crippen LogP) is 2.32. The predicted molar refractivity (Wildman–Crippen MR) is 64.5 cm³/mol. The van der Waals surface area contributed by atoms with Gasteiger partial charge >= 0.3 is 0 Å². The van der Waals surface area contributed by atoms with E-state index in [1.807, 2.05) is 25.1 Å². The molecule has 1 unspecified atom stereocenters. The molecule has 0 bridgehead atoms. The van der Waals surface area contributed by atoms with Crippen LogP contribution in [-0.2, 0) is 0 Å². The van der Waals surface area contributed by atoms with Gasteiger partial charge in [0.2, 0.25) is 0 Å². The Bertz CT molecular complexity index is 354. The molecule has 3 nitrogen and oxygen atoms in total. The van der Waals surface area contributed by atoms with Gasteiger partial charge in [-0.15, -0.1) is 11.8 Å². The van der Waals surface area contributed by atoms with Gasteiger partial charge in [-0.3, -0.25) is 0 Å². The van der Waals surface area contributed by atoms with Crippen LogP contribution in [0.1, 0.15) is 13.3 Å². The van der Waals surface area contributed by atoms with Crippen LogP contribution >= 0.6 is 11.8 Å². The second kappa shape index (κ2) is 5.46. The molecule has 1 aromatic carbocycles. The number of rotatable bonds is 3. The fourth-order valence-corrected chi connectivity index (χ4v) is 2.35. The Morgan fingerprint density at radius 1 is 1.31 bits per heavy atom. The molecule has 1 aliphatic heterocycles. The summed E-state index contributed by atoms with van der Waals surface area (Å²) < 4.78 is 11.2. The summed E-state index contributed by atoms with van der Waals surface area (Å²) in [7, 11) is 0. The van der Waals surface area contributed by atoms with E-state index >= 15 is 0 Å². The second-order valence-electron chi connectivity index (χ2n) is 3.77. The Hall–Kier alpha value is -0.870. The van der Waals surface area contributed by atoms with E-state index in [9.17, 15) is 0 Å².